The summed E-state index contributed by atoms with van der Waals surface area (Å²) in [6.07, 6.45) is -1.92. The first-order valence-corrected chi connectivity index (χ1v) is 9.52. The molecule has 0 aliphatic carbocycles. The Morgan fingerprint density at radius 3 is 2.44 bits per heavy atom. The predicted molar refractivity (Wildman–Crippen MR) is 104 cm³/mol. The molecule has 2 atom stereocenters. The second-order valence-corrected chi connectivity index (χ2v) is 7.54. The van der Waals surface area contributed by atoms with E-state index >= 15 is 8.78 Å². The van der Waals surface area contributed by atoms with Gasteiger partial charge in [-0.3, -0.25) is 4.79 Å². The summed E-state index contributed by atoms with van der Waals surface area (Å²) < 4.78 is 69.3. The van der Waals surface area contributed by atoms with Crippen molar-refractivity contribution in [2.75, 3.05) is 4.90 Å². The summed E-state index contributed by atoms with van der Waals surface area (Å²) in [6, 6.07) is 5.86. The molecule has 11 heteroatoms. The van der Waals surface area contributed by atoms with Crippen molar-refractivity contribution < 1.29 is 26.7 Å². The van der Waals surface area contributed by atoms with Crippen molar-refractivity contribution in [3.05, 3.63) is 71.8 Å². The fourth-order valence-electron chi connectivity index (χ4n) is 3.97. The molecule has 1 N–H and O–H groups in total. The Hall–Kier alpha value is -3.76. The Morgan fingerprint density at radius 1 is 1.06 bits per heavy atom. The van der Waals surface area contributed by atoms with Gasteiger partial charge in [0, 0.05) is 29.6 Å². The molecule has 2 aromatic carbocycles. The average molecular weight is 447 g/mol. The van der Waals surface area contributed by atoms with Crippen molar-refractivity contribution in [1.82, 2.24) is 19.7 Å². The number of nitrogens with zero attached hydrogens (tertiary/aromatic N) is 4. The summed E-state index contributed by atoms with van der Waals surface area (Å²) in [4.78, 5) is 20.9. The highest BCUT2D eigenvalue weighted by molar-refractivity contribution is 6.04. The van der Waals surface area contributed by atoms with Gasteiger partial charge in [-0.2, -0.15) is 18.3 Å². The van der Waals surface area contributed by atoms with Crippen molar-refractivity contribution in [3.8, 4) is 5.69 Å². The lowest BCUT2D eigenvalue weighted by Crippen LogP contribution is -2.54. The molecule has 32 heavy (non-hydrogen) atoms. The van der Waals surface area contributed by atoms with Crippen LogP contribution in [0.5, 0.6) is 0 Å². The number of anilines is 1. The second-order valence-electron chi connectivity index (χ2n) is 7.54. The highest BCUT2D eigenvalue weighted by Gasteiger charge is 2.48. The molecule has 0 saturated carbocycles. The van der Waals surface area contributed by atoms with Gasteiger partial charge in [0.25, 0.3) is 0 Å². The number of H-pyrrole nitrogens is 1. The highest BCUT2D eigenvalue weighted by atomic mass is 19.4. The van der Waals surface area contributed by atoms with Crippen LogP contribution in [-0.4, -0.2) is 25.7 Å². The number of hydrogen-bond donors (Lipinski definition) is 1. The third-order valence-corrected chi connectivity index (χ3v) is 5.60. The third-order valence-electron chi connectivity index (χ3n) is 5.60. The van der Waals surface area contributed by atoms with E-state index in [4.69, 9.17) is 0 Å². The minimum atomic E-state index is -4.63. The molecule has 0 radical (unpaired) electrons. The van der Waals surface area contributed by atoms with Gasteiger partial charge in [0.1, 0.15) is 11.6 Å². The van der Waals surface area contributed by atoms with E-state index in [1.807, 2.05) is 0 Å². The molecular formula is C21H14F5N5O. The molecule has 164 valence electrons. The van der Waals surface area contributed by atoms with E-state index in [1.54, 1.807) is 25.1 Å². The van der Waals surface area contributed by atoms with Crippen molar-refractivity contribution in [1.29, 1.82) is 0 Å². The minimum absolute atomic E-state index is 0.206. The molecule has 1 amide bonds. The van der Waals surface area contributed by atoms with Gasteiger partial charge in [0.15, 0.2) is 0 Å². The number of nitrogens with one attached hydrogen (secondary N) is 1. The van der Waals surface area contributed by atoms with E-state index in [0.29, 0.717) is 23.6 Å². The number of aromatic amines is 1. The van der Waals surface area contributed by atoms with Crippen LogP contribution < -0.4 is 4.90 Å². The standard InChI is InChI=1S/C21H14F5N5O/c1-10-19(31(20(10)32)12-2-3-16-17(6-12)28-9-27-16)18-14(22)4-13(5-15(18)23)30-8-11(7-29-30)21(24,25)26/h2-10,19H,1H3,(H,27,28)/t10-,19?/m1/s1. The van der Waals surface area contributed by atoms with E-state index in [1.165, 1.54) is 11.2 Å². The van der Waals surface area contributed by atoms with Crippen LogP contribution in [0.1, 0.15) is 24.1 Å². The van der Waals surface area contributed by atoms with Crippen LogP contribution in [-0.2, 0) is 11.0 Å². The lowest BCUT2D eigenvalue weighted by Gasteiger charge is -2.46. The highest BCUT2D eigenvalue weighted by Crippen LogP contribution is 2.45. The Labute approximate surface area is 177 Å². The van der Waals surface area contributed by atoms with Crippen molar-refractivity contribution >= 4 is 22.6 Å². The molecule has 6 nitrogen and oxygen atoms in total. The van der Waals surface area contributed by atoms with Gasteiger partial charge in [0.2, 0.25) is 5.91 Å². The Morgan fingerprint density at radius 2 is 1.78 bits per heavy atom. The Bertz CT molecular complexity index is 1340. The maximum atomic E-state index is 15.0. The maximum absolute atomic E-state index is 15.0. The first-order valence-electron chi connectivity index (χ1n) is 9.52. The number of hydrogen-bond acceptors (Lipinski definition) is 3. The van der Waals surface area contributed by atoms with Gasteiger partial charge in [-0.15, -0.1) is 0 Å². The number of carbonyl (C=O) groups is 1. The topological polar surface area (TPSA) is 66.8 Å². The van der Waals surface area contributed by atoms with Crippen molar-refractivity contribution in [3.63, 3.8) is 0 Å². The molecule has 1 fully saturated rings. The van der Waals surface area contributed by atoms with Crippen LogP contribution in [0, 0.1) is 17.6 Å². The van der Waals surface area contributed by atoms with Gasteiger partial charge in [-0.25, -0.2) is 18.4 Å². The number of β-lactam (4-membered cyclic amide) rings is 1. The van der Waals surface area contributed by atoms with E-state index < -0.39 is 35.3 Å². The number of alkyl halides is 3. The van der Waals surface area contributed by atoms with Crippen LogP contribution >= 0.6 is 0 Å². The molecule has 1 unspecified atom stereocenters. The van der Waals surface area contributed by atoms with Gasteiger partial charge >= 0.3 is 6.18 Å². The van der Waals surface area contributed by atoms with Crippen molar-refractivity contribution in [2.24, 2.45) is 5.92 Å². The number of carbonyl (C=O) groups excluding carboxylic acids is 1. The zero-order valence-electron chi connectivity index (χ0n) is 16.4. The molecule has 2 aromatic heterocycles. The number of amides is 1. The predicted octanol–water partition coefficient (Wildman–Crippen LogP) is 4.77. The van der Waals surface area contributed by atoms with E-state index in [0.717, 1.165) is 22.3 Å². The molecule has 1 aliphatic heterocycles. The summed E-state index contributed by atoms with van der Waals surface area (Å²) >= 11 is 0. The molecular weight excluding hydrogens is 433 g/mol. The summed E-state index contributed by atoms with van der Waals surface area (Å²) in [5, 5.41) is 3.55. The number of benzene rings is 2. The molecule has 0 spiro atoms. The van der Waals surface area contributed by atoms with E-state index in [-0.39, 0.29) is 17.2 Å². The van der Waals surface area contributed by atoms with Crippen LogP contribution in [0.3, 0.4) is 0 Å². The van der Waals surface area contributed by atoms with Crippen LogP contribution in [0.15, 0.2) is 49.1 Å². The maximum Gasteiger partial charge on any atom is 0.419 e. The number of imidazole rings is 1. The fraction of sp³-hybridized carbons (Fsp3) is 0.190. The number of fused-ring (bicyclic) bond motifs is 1. The zero-order valence-corrected chi connectivity index (χ0v) is 16.4. The van der Waals surface area contributed by atoms with Crippen molar-refractivity contribution in [2.45, 2.75) is 19.1 Å². The summed E-state index contributed by atoms with van der Waals surface area (Å²) in [5.41, 5.74) is 0.172. The van der Waals surface area contributed by atoms with Crippen LogP contribution in [0.4, 0.5) is 27.6 Å². The lowest BCUT2D eigenvalue weighted by atomic mass is 9.82. The average Bonchev–Trinajstić information content (AvgIpc) is 3.41. The first-order chi connectivity index (χ1) is 15.1. The number of halogens is 5. The minimum Gasteiger partial charge on any atom is -0.345 e. The van der Waals surface area contributed by atoms with Gasteiger partial charge in [0.05, 0.1) is 46.8 Å². The van der Waals surface area contributed by atoms with Crippen LogP contribution in [0.2, 0.25) is 0 Å². The largest absolute Gasteiger partial charge is 0.419 e. The second kappa shape index (κ2) is 6.87. The number of rotatable bonds is 3. The molecule has 1 saturated heterocycles. The summed E-state index contributed by atoms with van der Waals surface area (Å²) in [6.45, 7) is 1.56. The Balaban J connectivity index is 1.53. The van der Waals surface area contributed by atoms with Gasteiger partial charge in [-0.05, 0) is 18.2 Å². The van der Waals surface area contributed by atoms with E-state index in [2.05, 4.69) is 15.1 Å². The van der Waals surface area contributed by atoms with Crippen LogP contribution in [0.25, 0.3) is 16.7 Å². The lowest BCUT2D eigenvalue weighted by molar-refractivity contribution is -0.137. The SMILES string of the molecule is C[C@H]1C(=O)N(c2ccc3[nH]cnc3c2)C1c1c(F)cc(-n2cc(C(F)(F)F)cn2)cc1F. The van der Waals surface area contributed by atoms with Gasteiger partial charge < -0.3 is 9.88 Å². The molecule has 4 aromatic rings. The fourth-order valence-corrected chi connectivity index (χ4v) is 3.97. The molecule has 0 bridgehead atoms. The van der Waals surface area contributed by atoms with E-state index in [9.17, 15) is 18.0 Å². The first kappa shape index (κ1) is 20.2. The summed E-state index contributed by atoms with van der Waals surface area (Å²) in [5.74, 6) is -2.98. The molecule has 1 aliphatic rings. The molecule has 3 heterocycles. The quantitative estimate of drug-likeness (QED) is 0.364. The third kappa shape index (κ3) is 3.03. The monoisotopic (exact) mass is 447 g/mol. The summed E-state index contributed by atoms with van der Waals surface area (Å²) in [7, 11) is 0. The number of aromatic nitrogens is 4. The normalized spacial score (nSPS) is 18.9. The Kier molecular flexibility index (Phi) is 4.33. The van der Waals surface area contributed by atoms with Gasteiger partial charge in [-0.1, -0.05) is 6.92 Å². The smallest absolute Gasteiger partial charge is 0.345 e. The zero-order chi connectivity index (χ0) is 22.8. The molecule has 5 rings (SSSR count).